The van der Waals surface area contributed by atoms with Crippen molar-refractivity contribution in [1.29, 1.82) is 0 Å². The van der Waals surface area contributed by atoms with Crippen LogP contribution in [0.2, 0.25) is 0 Å². The van der Waals surface area contributed by atoms with Gasteiger partial charge in [0, 0.05) is 30.6 Å². The molecule has 0 saturated carbocycles. The van der Waals surface area contributed by atoms with Crippen LogP contribution < -0.4 is 9.47 Å². The largest absolute Gasteiger partial charge is 0.486 e. The van der Waals surface area contributed by atoms with Gasteiger partial charge >= 0.3 is 0 Å². The molecule has 6 nitrogen and oxygen atoms in total. The third-order valence-corrected chi connectivity index (χ3v) is 6.83. The summed E-state index contributed by atoms with van der Waals surface area (Å²) in [7, 11) is -3.70. The van der Waals surface area contributed by atoms with E-state index in [1.54, 1.807) is 18.2 Å². The van der Waals surface area contributed by atoms with Crippen LogP contribution in [0.15, 0.2) is 53.4 Å². The third kappa shape index (κ3) is 3.57. The highest BCUT2D eigenvalue weighted by Gasteiger charge is 2.34. The van der Waals surface area contributed by atoms with Crippen LogP contribution in [0.3, 0.4) is 0 Å². The topological polar surface area (TPSA) is 72.9 Å². The van der Waals surface area contributed by atoms with Crippen LogP contribution >= 0.6 is 0 Å². The van der Waals surface area contributed by atoms with Crippen molar-refractivity contribution in [2.45, 2.75) is 17.7 Å². The summed E-state index contributed by atoms with van der Waals surface area (Å²) < 4.78 is 38.6. The highest BCUT2D eigenvalue weighted by molar-refractivity contribution is 7.89. The Morgan fingerprint density at radius 1 is 1.00 bits per heavy atom. The van der Waals surface area contributed by atoms with Gasteiger partial charge in [0.25, 0.3) is 0 Å². The van der Waals surface area contributed by atoms with E-state index in [1.807, 2.05) is 18.2 Å². The molecule has 0 spiro atoms. The number of piperidine rings is 1. The quantitative estimate of drug-likeness (QED) is 0.755. The molecular weight excluding hydrogens is 366 g/mol. The fourth-order valence-electron chi connectivity index (χ4n) is 3.55. The van der Waals surface area contributed by atoms with E-state index < -0.39 is 10.0 Å². The van der Waals surface area contributed by atoms with Crippen LogP contribution in [0.5, 0.6) is 11.5 Å². The number of Topliss-reactive ketones (excluding diaryl/α,β-unsaturated/α-hetero) is 1. The van der Waals surface area contributed by atoms with Crippen molar-refractivity contribution in [1.82, 2.24) is 4.31 Å². The number of fused-ring (bicyclic) bond motifs is 1. The van der Waals surface area contributed by atoms with Crippen molar-refractivity contribution in [3.05, 3.63) is 54.1 Å². The minimum atomic E-state index is -3.70. The molecule has 0 aromatic heterocycles. The summed E-state index contributed by atoms with van der Waals surface area (Å²) in [4.78, 5) is 12.9. The zero-order valence-corrected chi connectivity index (χ0v) is 15.7. The fourth-order valence-corrected chi connectivity index (χ4v) is 5.09. The maximum Gasteiger partial charge on any atom is 0.243 e. The first-order valence-electron chi connectivity index (χ1n) is 9.05. The summed E-state index contributed by atoms with van der Waals surface area (Å²) in [5.41, 5.74) is 0.626. The lowest BCUT2D eigenvalue weighted by atomic mass is 9.91. The van der Waals surface area contributed by atoms with Gasteiger partial charge in [-0.15, -0.1) is 0 Å². The Labute approximate surface area is 158 Å². The number of hydrogen-bond acceptors (Lipinski definition) is 5. The van der Waals surface area contributed by atoms with Crippen molar-refractivity contribution in [2.75, 3.05) is 26.3 Å². The van der Waals surface area contributed by atoms with Gasteiger partial charge in [0.05, 0.1) is 4.90 Å². The van der Waals surface area contributed by atoms with Crippen molar-refractivity contribution in [3.8, 4) is 11.5 Å². The van der Waals surface area contributed by atoms with Gasteiger partial charge in [-0.1, -0.05) is 30.3 Å². The smallest absolute Gasteiger partial charge is 0.243 e. The second-order valence-corrected chi connectivity index (χ2v) is 8.68. The molecule has 27 heavy (non-hydrogen) atoms. The molecular formula is C20H21NO5S. The number of ether oxygens (including phenoxy) is 2. The maximum absolute atomic E-state index is 13.1. The van der Waals surface area contributed by atoms with Crippen molar-refractivity contribution >= 4 is 15.8 Å². The number of sulfonamides is 1. The Kier molecular flexibility index (Phi) is 4.88. The molecule has 0 radical (unpaired) electrons. The number of nitrogens with zero attached hydrogens (tertiary/aromatic N) is 1. The van der Waals surface area contributed by atoms with Crippen LogP contribution in [0.4, 0.5) is 0 Å². The second kappa shape index (κ2) is 7.32. The number of rotatable bonds is 4. The molecule has 0 bridgehead atoms. The lowest BCUT2D eigenvalue weighted by Crippen LogP contribution is -2.42. The summed E-state index contributed by atoms with van der Waals surface area (Å²) in [6.45, 7) is 1.46. The van der Waals surface area contributed by atoms with E-state index in [-0.39, 0.29) is 23.1 Å². The summed E-state index contributed by atoms with van der Waals surface area (Å²) >= 11 is 0. The Morgan fingerprint density at radius 2 is 1.74 bits per heavy atom. The van der Waals surface area contributed by atoms with E-state index in [9.17, 15) is 13.2 Å². The summed E-state index contributed by atoms with van der Waals surface area (Å²) in [6.07, 6.45) is 1.36. The molecule has 142 valence electrons. The molecule has 1 atom stereocenters. The average Bonchev–Trinajstić information content (AvgIpc) is 2.73. The van der Waals surface area contributed by atoms with E-state index in [0.717, 1.165) is 0 Å². The van der Waals surface area contributed by atoms with Gasteiger partial charge in [-0.2, -0.15) is 4.31 Å². The molecule has 2 aromatic rings. The molecule has 0 aliphatic carbocycles. The molecule has 2 aliphatic heterocycles. The number of carbonyl (C=O) groups is 1. The SMILES string of the molecule is O=C(c1ccccc1)C1CCCN(S(=O)(=O)c2ccc3c(c2)OCCO3)C1. The zero-order chi connectivity index (χ0) is 18.9. The predicted molar refractivity (Wildman–Crippen MR) is 99.7 cm³/mol. The molecule has 7 heteroatoms. The van der Waals surface area contributed by atoms with Crippen molar-refractivity contribution in [3.63, 3.8) is 0 Å². The average molecular weight is 387 g/mol. The van der Waals surface area contributed by atoms with E-state index in [1.165, 1.54) is 16.4 Å². The fraction of sp³-hybridized carbons (Fsp3) is 0.350. The number of benzene rings is 2. The standard InChI is InChI=1S/C20H21NO5S/c22-20(15-5-2-1-3-6-15)16-7-4-10-21(14-16)27(23,24)17-8-9-18-19(13-17)26-12-11-25-18/h1-3,5-6,8-9,13,16H,4,7,10-12,14H2. The number of hydrogen-bond donors (Lipinski definition) is 0. The van der Waals surface area contributed by atoms with Gasteiger partial charge in [0.1, 0.15) is 13.2 Å². The molecule has 2 aliphatic rings. The van der Waals surface area contributed by atoms with E-state index >= 15 is 0 Å². The predicted octanol–water partition coefficient (Wildman–Crippen LogP) is 2.74. The summed E-state index contributed by atoms with van der Waals surface area (Å²) in [5, 5.41) is 0. The summed E-state index contributed by atoms with van der Waals surface area (Å²) in [5.74, 6) is 0.665. The first kappa shape index (κ1) is 18.0. The third-order valence-electron chi connectivity index (χ3n) is 4.96. The lowest BCUT2D eigenvalue weighted by Gasteiger charge is -2.31. The number of ketones is 1. The highest BCUT2D eigenvalue weighted by atomic mass is 32.2. The lowest BCUT2D eigenvalue weighted by molar-refractivity contribution is 0.0872. The Hall–Kier alpha value is -2.38. The second-order valence-electron chi connectivity index (χ2n) is 6.74. The van der Waals surface area contributed by atoms with Gasteiger partial charge in [0.2, 0.25) is 10.0 Å². The van der Waals surface area contributed by atoms with Crippen LogP contribution in [0.25, 0.3) is 0 Å². The molecule has 1 fully saturated rings. The Balaban J connectivity index is 1.56. The monoisotopic (exact) mass is 387 g/mol. The molecule has 0 N–H and O–H groups in total. The summed E-state index contributed by atoms with van der Waals surface area (Å²) in [6, 6.07) is 13.7. The molecule has 4 rings (SSSR count). The van der Waals surface area contributed by atoms with Crippen LogP contribution in [0.1, 0.15) is 23.2 Å². The Bertz CT molecular complexity index is 942. The van der Waals surface area contributed by atoms with Gasteiger partial charge in [-0.05, 0) is 25.0 Å². The zero-order valence-electron chi connectivity index (χ0n) is 14.8. The maximum atomic E-state index is 13.1. The molecule has 0 amide bonds. The van der Waals surface area contributed by atoms with Crippen molar-refractivity contribution in [2.24, 2.45) is 5.92 Å². The van der Waals surface area contributed by atoms with Crippen LogP contribution in [0, 0.1) is 5.92 Å². The minimum absolute atomic E-state index is 0.00215. The highest BCUT2D eigenvalue weighted by Crippen LogP contribution is 2.34. The van der Waals surface area contributed by atoms with E-state index in [4.69, 9.17) is 9.47 Å². The molecule has 2 aromatic carbocycles. The first-order valence-corrected chi connectivity index (χ1v) is 10.5. The minimum Gasteiger partial charge on any atom is -0.486 e. The normalized spacial score (nSPS) is 20.2. The first-order chi connectivity index (χ1) is 13.1. The van der Waals surface area contributed by atoms with Gasteiger partial charge in [-0.3, -0.25) is 4.79 Å². The molecule has 1 saturated heterocycles. The number of carbonyl (C=O) groups excluding carboxylic acids is 1. The van der Waals surface area contributed by atoms with Crippen LogP contribution in [-0.4, -0.2) is 44.8 Å². The van der Waals surface area contributed by atoms with Gasteiger partial charge in [-0.25, -0.2) is 8.42 Å². The Morgan fingerprint density at radius 3 is 2.52 bits per heavy atom. The van der Waals surface area contributed by atoms with Crippen molar-refractivity contribution < 1.29 is 22.7 Å². The molecule has 1 unspecified atom stereocenters. The van der Waals surface area contributed by atoms with Gasteiger partial charge < -0.3 is 9.47 Å². The van der Waals surface area contributed by atoms with Crippen LogP contribution in [-0.2, 0) is 10.0 Å². The van der Waals surface area contributed by atoms with E-state index in [0.29, 0.717) is 49.7 Å². The molecule has 2 heterocycles. The van der Waals surface area contributed by atoms with Gasteiger partial charge in [0.15, 0.2) is 17.3 Å². The van der Waals surface area contributed by atoms with E-state index in [2.05, 4.69) is 0 Å².